The molecule has 0 bridgehead atoms. The van der Waals surface area contributed by atoms with Crippen molar-refractivity contribution in [2.24, 2.45) is 5.92 Å². The van der Waals surface area contributed by atoms with E-state index in [0.717, 1.165) is 22.5 Å². The first-order valence-corrected chi connectivity index (χ1v) is 10.1. The molecule has 2 aromatic carbocycles. The molecule has 0 unspecified atom stereocenters. The van der Waals surface area contributed by atoms with Crippen LogP contribution in [0.3, 0.4) is 0 Å². The van der Waals surface area contributed by atoms with Gasteiger partial charge < -0.3 is 10.2 Å². The molecule has 3 aromatic rings. The van der Waals surface area contributed by atoms with Crippen molar-refractivity contribution in [2.45, 2.75) is 13.3 Å². The number of thiazole rings is 1. The average Bonchev–Trinajstić information content (AvgIpc) is 3.30. The van der Waals surface area contributed by atoms with Crippen molar-refractivity contribution in [3.8, 4) is 11.3 Å². The first-order chi connectivity index (χ1) is 13.5. The van der Waals surface area contributed by atoms with Gasteiger partial charge in [-0.05, 0) is 31.2 Å². The third-order valence-electron chi connectivity index (χ3n) is 4.72. The summed E-state index contributed by atoms with van der Waals surface area (Å²) in [6, 6.07) is 15.1. The van der Waals surface area contributed by atoms with Crippen LogP contribution in [0.25, 0.3) is 11.3 Å². The van der Waals surface area contributed by atoms with Crippen molar-refractivity contribution < 1.29 is 9.59 Å². The Hall–Kier alpha value is -2.70. The number of nitrogens with zero attached hydrogens (tertiary/aromatic N) is 2. The molecule has 1 aliphatic heterocycles. The topological polar surface area (TPSA) is 62.3 Å². The number of hydrogen-bond donors (Lipinski definition) is 1. The second kappa shape index (κ2) is 7.73. The van der Waals surface area contributed by atoms with Gasteiger partial charge in [-0.1, -0.05) is 41.4 Å². The number of carbonyl (C=O) groups is 2. The molecule has 1 atom stereocenters. The molecule has 142 valence electrons. The Morgan fingerprint density at radius 1 is 1.18 bits per heavy atom. The van der Waals surface area contributed by atoms with Crippen molar-refractivity contribution in [3.63, 3.8) is 0 Å². The molecule has 2 amide bonds. The SMILES string of the molecule is Cc1ccc(N2C[C@@H](C(=O)Nc3nc(-c4ccc(Cl)cc4)cs3)CC2=O)cc1. The maximum absolute atomic E-state index is 12.6. The third-order valence-corrected chi connectivity index (χ3v) is 5.73. The summed E-state index contributed by atoms with van der Waals surface area (Å²) < 4.78 is 0. The van der Waals surface area contributed by atoms with Gasteiger partial charge in [0.15, 0.2) is 5.13 Å². The minimum atomic E-state index is -0.392. The Bertz CT molecular complexity index is 1010. The number of amides is 2. The predicted molar refractivity (Wildman–Crippen MR) is 113 cm³/mol. The fourth-order valence-electron chi connectivity index (χ4n) is 3.15. The van der Waals surface area contributed by atoms with Gasteiger partial charge in [0.2, 0.25) is 11.8 Å². The van der Waals surface area contributed by atoms with Crippen LogP contribution in [0.15, 0.2) is 53.9 Å². The zero-order chi connectivity index (χ0) is 19.7. The van der Waals surface area contributed by atoms with E-state index < -0.39 is 5.92 Å². The molecular formula is C21H18ClN3O2S. The van der Waals surface area contributed by atoms with E-state index >= 15 is 0 Å². The summed E-state index contributed by atoms with van der Waals surface area (Å²) in [6.45, 7) is 2.38. The molecule has 0 spiro atoms. The molecule has 5 nitrogen and oxygen atoms in total. The van der Waals surface area contributed by atoms with Gasteiger partial charge in [0, 0.05) is 34.6 Å². The molecule has 1 saturated heterocycles. The highest BCUT2D eigenvalue weighted by molar-refractivity contribution is 7.14. The number of halogens is 1. The van der Waals surface area contributed by atoms with E-state index in [1.165, 1.54) is 11.3 Å². The van der Waals surface area contributed by atoms with Crippen molar-refractivity contribution in [1.29, 1.82) is 0 Å². The number of aromatic nitrogens is 1. The van der Waals surface area contributed by atoms with E-state index in [2.05, 4.69) is 10.3 Å². The molecule has 0 radical (unpaired) electrons. The molecule has 1 aromatic heterocycles. The van der Waals surface area contributed by atoms with Crippen LogP contribution in [0.1, 0.15) is 12.0 Å². The second-order valence-electron chi connectivity index (χ2n) is 6.77. The summed E-state index contributed by atoms with van der Waals surface area (Å²) in [7, 11) is 0. The van der Waals surface area contributed by atoms with Crippen LogP contribution < -0.4 is 10.2 Å². The number of rotatable bonds is 4. The number of anilines is 2. The van der Waals surface area contributed by atoms with Gasteiger partial charge in [-0.25, -0.2) is 4.98 Å². The first-order valence-electron chi connectivity index (χ1n) is 8.89. The maximum Gasteiger partial charge on any atom is 0.231 e. The lowest BCUT2D eigenvalue weighted by molar-refractivity contribution is -0.122. The van der Waals surface area contributed by atoms with Gasteiger partial charge in [0.1, 0.15) is 0 Å². The highest BCUT2D eigenvalue weighted by atomic mass is 35.5. The van der Waals surface area contributed by atoms with Crippen LogP contribution in [0.5, 0.6) is 0 Å². The summed E-state index contributed by atoms with van der Waals surface area (Å²) >= 11 is 7.28. The molecule has 1 aliphatic rings. The first kappa shape index (κ1) is 18.7. The average molecular weight is 412 g/mol. The molecule has 28 heavy (non-hydrogen) atoms. The molecule has 2 heterocycles. The highest BCUT2D eigenvalue weighted by Gasteiger charge is 2.35. The van der Waals surface area contributed by atoms with E-state index in [1.54, 1.807) is 17.0 Å². The maximum atomic E-state index is 12.6. The Balaban J connectivity index is 1.42. The Morgan fingerprint density at radius 3 is 2.61 bits per heavy atom. The molecule has 4 rings (SSSR count). The standard InChI is InChI=1S/C21H18ClN3O2S/c1-13-2-8-17(9-3-13)25-11-15(10-19(25)26)20(27)24-21-23-18(12-28-21)14-4-6-16(22)7-5-14/h2-9,12,15H,10-11H2,1H3,(H,23,24,27)/t15-/m0/s1. The minimum Gasteiger partial charge on any atom is -0.312 e. The van der Waals surface area contributed by atoms with Crippen molar-refractivity contribution in [3.05, 3.63) is 64.5 Å². The van der Waals surface area contributed by atoms with Crippen molar-refractivity contribution in [1.82, 2.24) is 4.98 Å². The predicted octanol–water partition coefficient (Wildman–Crippen LogP) is 4.76. The zero-order valence-corrected chi connectivity index (χ0v) is 16.8. The minimum absolute atomic E-state index is 0.0370. The van der Waals surface area contributed by atoms with E-state index in [1.807, 2.05) is 48.7 Å². The zero-order valence-electron chi connectivity index (χ0n) is 15.2. The Morgan fingerprint density at radius 2 is 1.89 bits per heavy atom. The van der Waals surface area contributed by atoms with Crippen LogP contribution in [-0.2, 0) is 9.59 Å². The lowest BCUT2D eigenvalue weighted by Crippen LogP contribution is -2.28. The molecule has 1 fully saturated rings. The second-order valence-corrected chi connectivity index (χ2v) is 8.07. The summed E-state index contributed by atoms with van der Waals surface area (Å²) in [5.41, 5.74) is 3.67. The third kappa shape index (κ3) is 3.93. The quantitative estimate of drug-likeness (QED) is 0.673. The van der Waals surface area contributed by atoms with Gasteiger partial charge in [-0.2, -0.15) is 0 Å². The fourth-order valence-corrected chi connectivity index (χ4v) is 4.00. The Labute approximate surface area is 172 Å². The number of nitrogens with one attached hydrogen (secondary N) is 1. The molecular weight excluding hydrogens is 394 g/mol. The van der Waals surface area contributed by atoms with Crippen LogP contribution >= 0.6 is 22.9 Å². The van der Waals surface area contributed by atoms with Gasteiger partial charge in [0.05, 0.1) is 11.6 Å². The van der Waals surface area contributed by atoms with E-state index in [0.29, 0.717) is 16.7 Å². The summed E-state index contributed by atoms with van der Waals surface area (Å²) in [5, 5.41) is 5.92. The summed E-state index contributed by atoms with van der Waals surface area (Å²) in [5.74, 6) is -0.610. The normalized spacial score (nSPS) is 16.4. The van der Waals surface area contributed by atoms with Gasteiger partial charge in [0.25, 0.3) is 0 Å². The van der Waals surface area contributed by atoms with Crippen LogP contribution in [-0.4, -0.2) is 23.3 Å². The highest BCUT2D eigenvalue weighted by Crippen LogP contribution is 2.29. The molecule has 1 N–H and O–H groups in total. The van der Waals surface area contributed by atoms with E-state index in [9.17, 15) is 9.59 Å². The number of aryl methyl sites for hydroxylation is 1. The molecule has 0 saturated carbocycles. The number of hydrogen-bond acceptors (Lipinski definition) is 4. The lowest BCUT2D eigenvalue weighted by atomic mass is 10.1. The van der Waals surface area contributed by atoms with Crippen LogP contribution in [0.2, 0.25) is 5.02 Å². The smallest absolute Gasteiger partial charge is 0.231 e. The van der Waals surface area contributed by atoms with Crippen LogP contribution in [0.4, 0.5) is 10.8 Å². The number of benzene rings is 2. The monoisotopic (exact) mass is 411 g/mol. The van der Waals surface area contributed by atoms with E-state index in [-0.39, 0.29) is 18.2 Å². The largest absolute Gasteiger partial charge is 0.312 e. The molecule has 0 aliphatic carbocycles. The van der Waals surface area contributed by atoms with Crippen molar-refractivity contribution in [2.75, 3.05) is 16.8 Å². The Kier molecular flexibility index (Phi) is 5.15. The van der Waals surface area contributed by atoms with Gasteiger partial charge >= 0.3 is 0 Å². The van der Waals surface area contributed by atoms with E-state index in [4.69, 9.17) is 11.6 Å². The van der Waals surface area contributed by atoms with Gasteiger partial charge in [-0.3, -0.25) is 9.59 Å². The van der Waals surface area contributed by atoms with Crippen molar-refractivity contribution >= 4 is 45.6 Å². The fraction of sp³-hybridized carbons (Fsp3) is 0.190. The summed E-state index contributed by atoms with van der Waals surface area (Å²) in [6.07, 6.45) is 0.203. The summed E-state index contributed by atoms with van der Waals surface area (Å²) in [4.78, 5) is 31.2. The van der Waals surface area contributed by atoms with Crippen LogP contribution in [0, 0.1) is 12.8 Å². The number of carbonyl (C=O) groups excluding carboxylic acids is 2. The molecule has 7 heteroatoms. The van der Waals surface area contributed by atoms with Gasteiger partial charge in [-0.15, -0.1) is 11.3 Å². The lowest BCUT2D eigenvalue weighted by Gasteiger charge is -2.16.